The standard InChI is InChI=1S/C33H36ClF5N6O2S/c1-5-27(46)44-18(3)14-43(15-19(44)4)31-22-11-23(33(37,38)39)28(21-12-24(34)26(36)13-25(21)35)30-29(22)45(32(47)40-31)20(17-48-30)16-42-9-7-41(6-2)8-10-42/h5,11-13,18-20H,1,6-10,14-17H2,2-4H3/t18-,19+,20-/m0/s1. The van der Waals surface area contributed by atoms with Crippen LogP contribution in [0.15, 0.2) is 40.5 Å². The van der Waals surface area contributed by atoms with Gasteiger partial charge in [0, 0.05) is 91.1 Å². The SMILES string of the molecule is C=CC(=O)N1[C@H](C)CN(c2nc(=O)n3c4c(c(-c5cc(Cl)c(F)cc5F)c(C(F)(F)F)cc24)SC[C@@H]3CN2CCN(CC)CC2)C[C@@H]1C. The zero-order chi connectivity index (χ0) is 34.7. The third-order valence-corrected chi connectivity index (χ3v) is 11.1. The molecule has 0 spiro atoms. The Kier molecular flexibility index (Phi) is 9.57. The molecule has 6 rings (SSSR count). The van der Waals surface area contributed by atoms with E-state index in [9.17, 15) is 14.0 Å². The molecule has 15 heteroatoms. The molecule has 2 saturated heterocycles. The van der Waals surface area contributed by atoms with Gasteiger partial charge in [0.1, 0.15) is 17.5 Å². The summed E-state index contributed by atoms with van der Waals surface area (Å²) in [4.78, 5) is 39.1. The van der Waals surface area contributed by atoms with Crippen molar-refractivity contribution in [1.82, 2.24) is 24.3 Å². The Hall–Kier alpha value is -3.20. The molecule has 2 aromatic carbocycles. The first-order valence-electron chi connectivity index (χ1n) is 15.9. The van der Waals surface area contributed by atoms with Crippen molar-refractivity contribution >= 4 is 46.0 Å². The molecule has 3 aromatic rings. The van der Waals surface area contributed by atoms with E-state index in [2.05, 4.69) is 28.3 Å². The van der Waals surface area contributed by atoms with Crippen LogP contribution < -0.4 is 10.6 Å². The van der Waals surface area contributed by atoms with Crippen molar-refractivity contribution < 1.29 is 26.7 Å². The molecule has 3 aliphatic heterocycles. The Bertz CT molecular complexity index is 1820. The van der Waals surface area contributed by atoms with E-state index in [1.807, 2.05) is 13.8 Å². The van der Waals surface area contributed by atoms with E-state index in [1.54, 1.807) is 9.80 Å². The van der Waals surface area contributed by atoms with E-state index in [0.717, 1.165) is 56.6 Å². The summed E-state index contributed by atoms with van der Waals surface area (Å²) in [5.41, 5.74) is -2.58. The van der Waals surface area contributed by atoms with Gasteiger partial charge in [-0.2, -0.15) is 18.2 Å². The number of thioether (sulfide) groups is 1. The van der Waals surface area contributed by atoms with Gasteiger partial charge in [0.15, 0.2) is 0 Å². The second-order valence-corrected chi connectivity index (χ2v) is 14.0. The monoisotopic (exact) mass is 710 g/mol. The predicted octanol–water partition coefficient (Wildman–Crippen LogP) is 5.91. The van der Waals surface area contributed by atoms with Crippen LogP contribution in [-0.4, -0.2) is 100 Å². The number of carbonyl (C=O) groups is 1. The first kappa shape index (κ1) is 34.7. The highest BCUT2D eigenvalue weighted by Gasteiger charge is 2.41. The molecule has 0 N–H and O–H groups in total. The summed E-state index contributed by atoms with van der Waals surface area (Å²) >= 11 is 7.11. The minimum atomic E-state index is -4.96. The van der Waals surface area contributed by atoms with Crippen LogP contribution in [0.4, 0.5) is 27.8 Å². The van der Waals surface area contributed by atoms with Gasteiger partial charge in [0.2, 0.25) is 5.91 Å². The minimum Gasteiger partial charge on any atom is -0.352 e. The van der Waals surface area contributed by atoms with Crippen LogP contribution in [0.5, 0.6) is 0 Å². The fraction of sp³-hybridized carbons (Fsp3) is 0.485. The highest BCUT2D eigenvalue weighted by molar-refractivity contribution is 7.99. The van der Waals surface area contributed by atoms with E-state index in [-0.39, 0.29) is 58.4 Å². The maximum Gasteiger partial charge on any atom is 0.417 e. The maximum absolute atomic E-state index is 15.4. The summed E-state index contributed by atoms with van der Waals surface area (Å²) in [7, 11) is 0. The Morgan fingerprint density at radius 3 is 2.31 bits per heavy atom. The Balaban J connectivity index is 1.58. The summed E-state index contributed by atoms with van der Waals surface area (Å²) in [5.74, 6) is -2.29. The second-order valence-electron chi connectivity index (χ2n) is 12.6. The Morgan fingerprint density at radius 2 is 1.71 bits per heavy atom. The summed E-state index contributed by atoms with van der Waals surface area (Å²) in [6.07, 6.45) is -3.75. The van der Waals surface area contributed by atoms with Gasteiger partial charge in [-0.1, -0.05) is 25.1 Å². The summed E-state index contributed by atoms with van der Waals surface area (Å²) in [6, 6.07) is 1.08. The highest BCUT2D eigenvalue weighted by atomic mass is 35.5. The zero-order valence-corrected chi connectivity index (χ0v) is 28.4. The molecule has 48 heavy (non-hydrogen) atoms. The van der Waals surface area contributed by atoms with Crippen LogP contribution in [-0.2, 0) is 11.0 Å². The van der Waals surface area contributed by atoms with Crippen LogP contribution in [0.3, 0.4) is 0 Å². The van der Waals surface area contributed by atoms with Crippen LogP contribution in [0, 0.1) is 11.6 Å². The zero-order valence-electron chi connectivity index (χ0n) is 26.8. The largest absolute Gasteiger partial charge is 0.417 e. The van der Waals surface area contributed by atoms with E-state index in [1.165, 1.54) is 10.6 Å². The van der Waals surface area contributed by atoms with Crippen LogP contribution in [0.2, 0.25) is 5.02 Å². The molecule has 258 valence electrons. The molecule has 3 aliphatic rings. The molecule has 0 aliphatic carbocycles. The molecule has 0 saturated carbocycles. The van der Waals surface area contributed by atoms with Crippen molar-refractivity contribution in [2.45, 2.75) is 50.0 Å². The number of nitrogens with zero attached hydrogens (tertiary/aromatic N) is 6. The number of alkyl halides is 3. The lowest BCUT2D eigenvalue weighted by atomic mass is 9.95. The highest BCUT2D eigenvalue weighted by Crippen LogP contribution is 2.51. The van der Waals surface area contributed by atoms with Gasteiger partial charge in [-0.25, -0.2) is 13.6 Å². The predicted molar refractivity (Wildman–Crippen MR) is 178 cm³/mol. The molecule has 1 aromatic heterocycles. The van der Waals surface area contributed by atoms with Crippen LogP contribution in [0.25, 0.3) is 22.0 Å². The third kappa shape index (κ3) is 6.20. The topological polar surface area (TPSA) is 64.9 Å². The van der Waals surface area contributed by atoms with E-state index in [0.29, 0.717) is 12.6 Å². The van der Waals surface area contributed by atoms with E-state index >= 15 is 17.6 Å². The number of amides is 1. The van der Waals surface area contributed by atoms with Gasteiger partial charge in [-0.15, -0.1) is 11.8 Å². The Morgan fingerprint density at radius 1 is 1.06 bits per heavy atom. The fourth-order valence-corrected chi connectivity index (χ4v) is 8.78. The number of anilines is 1. The number of piperazine rings is 2. The number of hydrogen-bond donors (Lipinski definition) is 0. The van der Waals surface area contributed by atoms with Crippen LogP contribution in [0.1, 0.15) is 32.4 Å². The van der Waals surface area contributed by atoms with E-state index < -0.39 is 51.3 Å². The number of likely N-dealkylation sites (N-methyl/N-ethyl adjacent to an activating group) is 1. The summed E-state index contributed by atoms with van der Waals surface area (Å²) in [5, 5.41) is -0.440. The molecule has 1 amide bonds. The second kappa shape index (κ2) is 13.3. The quantitative estimate of drug-likeness (QED) is 0.179. The average Bonchev–Trinajstić information content (AvgIpc) is 3.04. The molecule has 4 heterocycles. The summed E-state index contributed by atoms with van der Waals surface area (Å²) in [6.45, 7) is 14.4. The normalized spacial score (nSPS) is 22.4. The van der Waals surface area contributed by atoms with Crippen LogP contribution >= 0.6 is 23.4 Å². The van der Waals surface area contributed by atoms with Crippen molar-refractivity contribution in [2.75, 3.05) is 63.0 Å². The number of hydrogen-bond acceptors (Lipinski definition) is 7. The molecule has 0 bridgehead atoms. The first-order valence-corrected chi connectivity index (χ1v) is 17.2. The lowest BCUT2D eigenvalue weighted by Gasteiger charge is -2.45. The first-order chi connectivity index (χ1) is 22.7. The smallest absolute Gasteiger partial charge is 0.352 e. The number of carbonyl (C=O) groups excluding carboxylic acids is 1. The maximum atomic E-state index is 15.4. The van der Waals surface area contributed by atoms with Gasteiger partial charge < -0.3 is 14.7 Å². The van der Waals surface area contributed by atoms with Gasteiger partial charge in [0.05, 0.1) is 22.1 Å². The lowest BCUT2D eigenvalue weighted by molar-refractivity contribution is -0.137. The molecule has 2 fully saturated rings. The molecule has 3 atom stereocenters. The van der Waals surface area contributed by atoms with Gasteiger partial charge in [-0.05, 0) is 38.6 Å². The van der Waals surface area contributed by atoms with Crippen molar-refractivity contribution in [3.63, 3.8) is 0 Å². The molecule has 0 radical (unpaired) electrons. The number of halogens is 6. The van der Waals surface area contributed by atoms with Crippen molar-refractivity contribution in [2.24, 2.45) is 0 Å². The fourth-order valence-electron chi connectivity index (χ4n) is 7.29. The van der Waals surface area contributed by atoms with Gasteiger partial charge in [0.25, 0.3) is 0 Å². The summed E-state index contributed by atoms with van der Waals surface area (Å²) < 4.78 is 76.1. The number of rotatable bonds is 6. The van der Waals surface area contributed by atoms with Gasteiger partial charge >= 0.3 is 11.9 Å². The minimum absolute atomic E-state index is 0.0516. The van der Waals surface area contributed by atoms with Crippen molar-refractivity contribution in [1.29, 1.82) is 0 Å². The number of benzene rings is 2. The van der Waals surface area contributed by atoms with Gasteiger partial charge in [-0.3, -0.25) is 14.3 Å². The molecule has 0 unspecified atom stereocenters. The van der Waals surface area contributed by atoms with Crippen molar-refractivity contribution in [3.05, 3.63) is 63.6 Å². The van der Waals surface area contributed by atoms with Crippen molar-refractivity contribution in [3.8, 4) is 11.1 Å². The van der Waals surface area contributed by atoms with E-state index in [4.69, 9.17) is 11.6 Å². The third-order valence-electron chi connectivity index (χ3n) is 9.54. The molecular weight excluding hydrogens is 675 g/mol. The molecule has 8 nitrogen and oxygen atoms in total. The lowest BCUT2D eigenvalue weighted by Crippen LogP contribution is -2.58. The average molecular weight is 711 g/mol. The number of aromatic nitrogens is 2. The molecular formula is C33H36ClF5N6O2S. The Labute approximate surface area is 284 Å².